The highest BCUT2D eigenvalue weighted by Gasteiger charge is 2.18. The van der Waals surface area contributed by atoms with E-state index < -0.39 is 0 Å². The Morgan fingerprint density at radius 1 is 0.679 bits per heavy atom. The third kappa shape index (κ3) is 1.61. The van der Waals surface area contributed by atoms with Crippen molar-refractivity contribution in [2.75, 3.05) is 0 Å². The molecule has 0 radical (unpaired) electrons. The number of hydrogen-bond acceptors (Lipinski definition) is 3. The summed E-state index contributed by atoms with van der Waals surface area (Å²) in [4.78, 5) is 9.36. The van der Waals surface area contributed by atoms with Gasteiger partial charge in [-0.3, -0.25) is 9.38 Å². The molecule has 0 aliphatic carbocycles. The maximum Gasteiger partial charge on any atom is 0.146 e. The van der Waals surface area contributed by atoms with Gasteiger partial charge in [-0.1, -0.05) is 30.3 Å². The van der Waals surface area contributed by atoms with Crippen molar-refractivity contribution < 1.29 is 4.42 Å². The minimum Gasteiger partial charge on any atom is -0.456 e. The number of fused-ring (bicyclic) bond motifs is 12. The van der Waals surface area contributed by atoms with Crippen LogP contribution in [0.1, 0.15) is 0 Å². The van der Waals surface area contributed by atoms with Crippen molar-refractivity contribution in [3.63, 3.8) is 0 Å². The van der Waals surface area contributed by atoms with Crippen LogP contribution in [0.15, 0.2) is 83.5 Å². The zero-order chi connectivity index (χ0) is 18.2. The lowest BCUT2D eigenvalue weighted by molar-refractivity contribution is 0.669. The van der Waals surface area contributed by atoms with E-state index in [9.17, 15) is 0 Å². The van der Waals surface area contributed by atoms with E-state index in [0.717, 1.165) is 60.3 Å². The number of nitrogens with zero attached hydrogens (tertiary/aromatic N) is 3. The number of para-hydroxylation sites is 3. The largest absolute Gasteiger partial charge is 0.456 e. The molecule has 0 saturated carbocycles. The highest BCUT2D eigenvalue weighted by molar-refractivity contribution is 6.28. The van der Waals surface area contributed by atoms with Gasteiger partial charge in [0.1, 0.15) is 16.8 Å². The number of benzene rings is 3. The van der Waals surface area contributed by atoms with Gasteiger partial charge in [-0.2, -0.15) is 0 Å². The molecule has 3 aromatic carbocycles. The van der Waals surface area contributed by atoms with Gasteiger partial charge in [-0.15, -0.1) is 0 Å². The molecule has 0 atom stereocenters. The number of hydrogen-bond donors (Lipinski definition) is 0. The van der Waals surface area contributed by atoms with Gasteiger partial charge in [0.2, 0.25) is 0 Å². The Hall–Kier alpha value is -3.92. The fraction of sp³-hybridized carbons (Fsp3) is 0. The second kappa shape index (κ2) is 4.87. The van der Waals surface area contributed by atoms with Crippen LogP contribution in [0.25, 0.3) is 60.3 Å². The zero-order valence-corrected chi connectivity index (χ0v) is 14.8. The number of imidazole rings is 1. The Balaban J connectivity index is 1.92. The van der Waals surface area contributed by atoms with E-state index in [-0.39, 0.29) is 0 Å². The minimum absolute atomic E-state index is 0.891. The van der Waals surface area contributed by atoms with Crippen molar-refractivity contribution in [3.05, 3.63) is 79.1 Å². The summed E-state index contributed by atoms with van der Waals surface area (Å²) in [5.41, 5.74) is 5.96. The van der Waals surface area contributed by atoms with Crippen LogP contribution in [0.3, 0.4) is 0 Å². The first-order chi connectivity index (χ1) is 13.9. The van der Waals surface area contributed by atoms with Crippen LogP contribution in [0.4, 0.5) is 0 Å². The van der Waals surface area contributed by atoms with Gasteiger partial charge in [-0.25, -0.2) is 4.98 Å². The smallest absolute Gasteiger partial charge is 0.146 e. The standard InChI is InChI=1S/C24H13N3O/c1-4-8-20-15(5-1)23-21(28-20)10-9-19-22(23)16-13-25-12-11-14(16)24-26-17-6-2-3-7-18(17)27(19)24/h1-13H. The highest BCUT2D eigenvalue weighted by Crippen LogP contribution is 2.40. The summed E-state index contributed by atoms with van der Waals surface area (Å²) >= 11 is 0. The molecule has 0 N–H and O–H groups in total. The van der Waals surface area contributed by atoms with E-state index in [2.05, 4.69) is 57.9 Å². The Morgan fingerprint density at radius 2 is 1.57 bits per heavy atom. The topological polar surface area (TPSA) is 43.3 Å². The second-order valence-electron chi connectivity index (χ2n) is 7.11. The van der Waals surface area contributed by atoms with E-state index in [1.54, 1.807) is 0 Å². The molecule has 7 rings (SSSR count). The molecule has 4 aromatic heterocycles. The number of aromatic nitrogens is 3. The average Bonchev–Trinajstić information content (AvgIpc) is 3.32. The van der Waals surface area contributed by atoms with Gasteiger partial charge in [0.25, 0.3) is 0 Å². The minimum atomic E-state index is 0.891. The van der Waals surface area contributed by atoms with Crippen molar-refractivity contribution in [2.24, 2.45) is 0 Å². The lowest BCUT2D eigenvalue weighted by Crippen LogP contribution is -1.92. The van der Waals surface area contributed by atoms with E-state index in [1.807, 2.05) is 30.6 Å². The van der Waals surface area contributed by atoms with Gasteiger partial charge in [0, 0.05) is 39.3 Å². The quantitative estimate of drug-likeness (QED) is 0.308. The summed E-state index contributed by atoms with van der Waals surface area (Å²) in [6.45, 7) is 0. The number of rotatable bonds is 0. The first-order valence-corrected chi connectivity index (χ1v) is 9.27. The molecule has 28 heavy (non-hydrogen) atoms. The van der Waals surface area contributed by atoms with Gasteiger partial charge in [0.05, 0.1) is 16.6 Å². The normalized spacial score (nSPS) is 12.3. The van der Waals surface area contributed by atoms with Crippen LogP contribution >= 0.6 is 0 Å². The summed E-state index contributed by atoms with van der Waals surface area (Å²) < 4.78 is 8.40. The van der Waals surface area contributed by atoms with Crippen molar-refractivity contribution in [3.8, 4) is 0 Å². The Bertz CT molecular complexity index is 1710. The van der Waals surface area contributed by atoms with Crippen LogP contribution in [-0.2, 0) is 0 Å². The summed E-state index contributed by atoms with van der Waals surface area (Å²) in [7, 11) is 0. The van der Waals surface area contributed by atoms with E-state index >= 15 is 0 Å². The molecule has 4 nitrogen and oxygen atoms in total. The zero-order valence-electron chi connectivity index (χ0n) is 14.8. The molecular formula is C24H13N3O. The molecule has 4 heterocycles. The molecule has 0 aliphatic heterocycles. The highest BCUT2D eigenvalue weighted by atomic mass is 16.3. The molecular weight excluding hydrogens is 346 g/mol. The van der Waals surface area contributed by atoms with Crippen molar-refractivity contribution in [1.82, 2.24) is 14.4 Å². The van der Waals surface area contributed by atoms with E-state index in [4.69, 9.17) is 9.40 Å². The molecule has 0 amide bonds. The lowest BCUT2D eigenvalue weighted by atomic mass is 10.0. The summed E-state index contributed by atoms with van der Waals surface area (Å²) in [5.74, 6) is 0. The lowest BCUT2D eigenvalue weighted by Gasteiger charge is -2.09. The van der Waals surface area contributed by atoms with Crippen molar-refractivity contribution in [1.29, 1.82) is 0 Å². The summed E-state index contributed by atoms with van der Waals surface area (Å²) in [6, 6.07) is 22.7. The number of furan rings is 1. The van der Waals surface area contributed by atoms with Crippen molar-refractivity contribution in [2.45, 2.75) is 0 Å². The van der Waals surface area contributed by atoms with Crippen LogP contribution in [0, 0.1) is 0 Å². The van der Waals surface area contributed by atoms with Gasteiger partial charge < -0.3 is 4.42 Å². The predicted molar refractivity (Wildman–Crippen MR) is 113 cm³/mol. The Labute approximate surface area is 158 Å². The first kappa shape index (κ1) is 14.2. The van der Waals surface area contributed by atoms with Gasteiger partial charge >= 0.3 is 0 Å². The molecule has 0 bridgehead atoms. The molecule has 0 aliphatic rings. The maximum absolute atomic E-state index is 6.15. The molecule has 0 spiro atoms. The molecule has 7 aromatic rings. The van der Waals surface area contributed by atoms with Crippen LogP contribution in [-0.4, -0.2) is 14.4 Å². The predicted octanol–water partition coefficient (Wildman–Crippen LogP) is 6.09. The van der Waals surface area contributed by atoms with Gasteiger partial charge in [-0.05, 0) is 36.4 Å². The monoisotopic (exact) mass is 359 g/mol. The first-order valence-electron chi connectivity index (χ1n) is 9.27. The van der Waals surface area contributed by atoms with Crippen LogP contribution in [0.5, 0.6) is 0 Å². The third-order valence-electron chi connectivity index (χ3n) is 5.65. The van der Waals surface area contributed by atoms with E-state index in [1.165, 1.54) is 0 Å². The summed E-state index contributed by atoms with van der Waals surface area (Å²) in [6.07, 6.45) is 3.78. The van der Waals surface area contributed by atoms with Gasteiger partial charge in [0.15, 0.2) is 0 Å². The SMILES string of the molecule is c1ccc2c(c1)nc1c3ccncc3c3c4c(ccc3n21)oc1ccccc14. The number of pyridine rings is 2. The fourth-order valence-corrected chi connectivity index (χ4v) is 4.50. The Kier molecular flexibility index (Phi) is 2.46. The average molecular weight is 359 g/mol. The molecule has 4 heteroatoms. The third-order valence-corrected chi connectivity index (χ3v) is 5.65. The van der Waals surface area contributed by atoms with Crippen molar-refractivity contribution >= 4 is 60.3 Å². The van der Waals surface area contributed by atoms with Crippen LogP contribution in [0.2, 0.25) is 0 Å². The molecule has 0 saturated heterocycles. The van der Waals surface area contributed by atoms with Crippen LogP contribution < -0.4 is 0 Å². The molecule has 0 fully saturated rings. The molecule has 0 unspecified atom stereocenters. The summed E-state index contributed by atoms with van der Waals surface area (Å²) in [5, 5.41) is 5.60. The second-order valence-corrected chi connectivity index (χ2v) is 7.11. The fourth-order valence-electron chi connectivity index (χ4n) is 4.50. The Morgan fingerprint density at radius 3 is 2.57 bits per heavy atom. The molecule has 130 valence electrons. The van der Waals surface area contributed by atoms with E-state index in [0.29, 0.717) is 0 Å². The maximum atomic E-state index is 6.15.